The largest absolute Gasteiger partial charge is 0.478 e. The molecule has 3 heteroatoms. The van der Waals surface area contributed by atoms with Crippen molar-refractivity contribution < 1.29 is 9.90 Å². The van der Waals surface area contributed by atoms with Gasteiger partial charge in [0, 0.05) is 17.8 Å². The Labute approximate surface area is 95.8 Å². The number of aliphatic carboxylic acids is 1. The average molecular weight is 219 g/mol. The van der Waals surface area contributed by atoms with E-state index in [9.17, 15) is 4.79 Å². The van der Waals surface area contributed by atoms with Gasteiger partial charge in [-0.1, -0.05) is 12.1 Å². The molecule has 2 N–H and O–H groups in total. The van der Waals surface area contributed by atoms with Crippen molar-refractivity contribution in [2.24, 2.45) is 0 Å². The fraction of sp³-hybridized carbons (Fsp3) is 0.308. The Balaban J connectivity index is 2.59. The molecule has 16 heavy (non-hydrogen) atoms. The Morgan fingerprint density at radius 3 is 2.62 bits per heavy atom. The quantitative estimate of drug-likeness (QED) is 0.765. The van der Waals surface area contributed by atoms with Crippen LogP contribution in [0.1, 0.15) is 18.1 Å². The van der Waals surface area contributed by atoms with Gasteiger partial charge in [-0.2, -0.15) is 0 Å². The highest BCUT2D eigenvalue weighted by atomic mass is 16.4. The van der Waals surface area contributed by atoms with Crippen LogP contribution in [0.2, 0.25) is 0 Å². The van der Waals surface area contributed by atoms with Gasteiger partial charge in [-0.25, -0.2) is 4.79 Å². The molecular formula is C13H17NO2. The van der Waals surface area contributed by atoms with Crippen LogP contribution in [0.25, 0.3) is 0 Å². The molecule has 0 heterocycles. The van der Waals surface area contributed by atoms with Crippen LogP contribution in [0.15, 0.2) is 29.8 Å². The summed E-state index contributed by atoms with van der Waals surface area (Å²) in [5, 5.41) is 11.8. The second kappa shape index (κ2) is 5.35. The molecule has 0 aromatic heterocycles. The third-order valence-electron chi connectivity index (χ3n) is 2.56. The summed E-state index contributed by atoms with van der Waals surface area (Å²) in [6.07, 6.45) is 1.66. The minimum absolute atomic E-state index is 0.358. The number of anilines is 1. The fourth-order valence-corrected chi connectivity index (χ4v) is 1.26. The number of aryl methyl sites for hydroxylation is 2. The summed E-state index contributed by atoms with van der Waals surface area (Å²) in [4.78, 5) is 10.5. The van der Waals surface area contributed by atoms with E-state index in [1.165, 1.54) is 11.1 Å². The lowest BCUT2D eigenvalue weighted by Gasteiger charge is -2.06. The van der Waals surface area contributed by atoms with E-state index in [1.807, 2.05) is 12.1 Å². The van der Waals surface area contributed by atoms with Gasteiger partial charge in [0.15, 0.2) is 0 Å². The van der Waals surface area contributed by atoms with Gasteiger partial charge in [0.1, 0.15) is 0 Å². The number of carboxylic acids is 1. The molecule has 0 aliphatic rings. The van der Waals surface area contributed by atoms with Crippen molar-refractivity contribution in [2.75, 3.05) is 11.9 Å². The first-order valence-corrected chi connectivity index (χ1v) is 5.22. The van der Waals surface area contributed by atoms with Gasteiger partial charge >= 0.3 is 5.97 Å². The van der Waals surface area contributed by atoms with Crippen LogP contribution in [0.3, 0.4) is 0 Å². The zero-order valence-electron chi connectivity index (χ0n) is 9.87. The van der Waals surface area contributed by atoms with Crippen molar-refractivity contribution in [3.8, 4) is 0 Å². The lowest BCUT2D eigenvalue weighted by atomic mass is 10.1. The molecule has 0 aliphatic carbocycles. The maximum atomic E-state index is 10.5. The first-order chi connectivity index (χ1) is 7.50. The van der Waals surface area contributed by atoms with Crippen LogP contribution in [-0.2, 0) is 4.79 Å². The third-order valence-corrected chi connectivity index (χ3v) is 2.56. The molecular weight excluding hydrogens is 202 g/mol. The zero-order chi connectivity index (χ0) is 12.1. The highest BCUT2D eigenvalue weighted by molar-refractivity contribution is 5.85. The van der Waals surface area contributed by atoms with Crippen molar-refractivity contribution in [1.82, 2.24) is 0 Å². The van der Waals surface area contributed by atoms with Gasteiger partial charge < -0.3 is 10.4 Å². The number of carboxylic acid groups (broad SMARTS) is 1. The van der Waals surface area contributed by atoms with Crippen LogP contribution in [-0.4, -0.2) is 17.6 Å². The number of benzene rings is 1. The van der Waals surface area contributed by atoms with Gasteiger partial charge in [0.25, 0.3) is 0 Å². The molecule has 0 aliphatic heterocycles. The maximum Gasteiger partial charge on any atom is 0.331 e. The fourth-order valence-electron chi connectivity index (χ4n) is 1.26. The van der Waals surface area contributed by atoms with Crippen molar-refractivity contribution in [3.63, 3.8) is 0 Å². The molecule has 3 nitrogen and oxygen atoms in total. The monoisotopic (exact) mass is 219 g/mol. The molecule has 86 valence electrons. The topological polar surface area (TPSA) is 49.3 Å². The number of carbonyl (C=O) groups is 1. The summed E-state index contributed by atoms with van der Waals surface area (Å²) < 4.78 is 0. The van der Waals surface area contributed by atoms with E-state index in [4.69, 9.17) is 5.11 Å². The van der Waals surface area contributed by atoms with Gasteiger partial charge in [-0.15, -0.1) is 0 Å². The van der Waals surface area contributed by atoms with E-state index in [0.717, 1.165) is 5.69 Å². The molecule has 0 atom stereocenters. The first kappa shape index (κ1) is 12.3. The lowest BCUT2D eigenvalue weighted by Crippen LogP contribution is -2.03. The summed E-state index contributed by atoms with van der Waals surface area (Å²) in [5.74, 6) is -0.873. The molecule has 0 saturated carbocycles. The van der Waals surface area contributed by atoms with E-state index in [2.05, 4.69) is 25.2 Å². The van der Waals surface area contributed by atoms with Crippen molar-refractivity contribution in [3.05, 3.63) is 41.0 Å². The summed E-state index contributed by atoms with van der Waals surface area (Å²) >= 11 is 0. The molecule has 0 radical (unpaired) electrons. The van der Waals surface area contributed by atoms with E-state index < -0.39 is 5.97 Å². The van der Waals surface area contributed by atoms with Crippen molar-refractivity contribution >= 4 is 11.7 Å². The lowest BCUT2D eigenvalue weighted by molar-refractivity contribution is -0.132. The van der Waals surface area contributed by atoms with Crippen LogP contribution in [0.5, 0.6) is 0 Å². The molecule has 0 fully saturated rings. The maximum absolute atomic E-state index is 10.5. The molecule has 1 rings (SSSR count). The molecule has 0 spiro atoms. The van der Waals surface area contributed by atoms with Gasteiger partial charge in [0.2, 0.25) is 0 Å². The second-order valence-electron chi connectivity index (χ2n) is 3.87. The van der Waals surface area contributed by atoms with Crippen molar-refractivity contribution in [2.45, 2.75) is 20.8 Å². The highest BCUT2D eigenvalue weighted by Gasteiger charge is 1.98. The van der Waals surface area contributed by atoms with Crippen molar-refractivity contribution in [1.29, 1.82) is 0 Å². The normalized spacial score (nSPS) is 11.3. The van der Waals surface area contributed by atoms with E-state index in [-0.39, 0.29) is 0 Å². The molecule has 1 aromatic carbocycles. The Morgan fingerprint density at radius 1 is 1.38 bits per heavy atom. The molecule has 1 aromatic rings. The van der Waals surface area contributed by atoms with Crippen LogP contribution in [0.4, 0.5) is 5.69 Å². The van der Waals surface area contributed by atoms with Gasteiger partial charge in [0.05, 0.1) is 0 Å². The van der Waals surface area contributed by atoms with Crippen LogP contribution in [0, 0.1) is 13.8 Å². The number of hydrogen-bond donors (Lipinski definition) is 2. The Morgan fingerprint density at radius 2 is 2.06 bits per heavy atom. The third kappa shape index (κ3) is 3.42. The predicted octanol–water partition coefficient (Wildman–Crippen LogP) is 2.75. The number of rotatable bonds is 4. The smallest absolute Gasteiger partial charge is 0.331 e. The highest BCUT2D eigenvalue weighted by Crippen LogP contribution is 2.13. The summed E-state index contributed by atoms with van der Waals surface area (Å²) in [6, 6.07) is 6.09. The minimum Gasteiger partial charge on any atom is -0.478 e. The standard InChI is InChI=1S/C13H17NO2/c1-9-4-5-12(8-11(9)3)14-7-6-10(2)13(15)16/h4-6,8,14H,7H2,1-3H3,(H,15,16)/b10-6-. The predicted molar refractivity (Wildman–Crippen MR) is 65.8 cm³/mol. The van der Waals surface area contributed by atoms with E-state index >= 15 is 0 Å². The Bertz CT molecular complexity index is 422. The average Bonchev–Trinajstić information content (AvgIpc) is 2.23. The Hall–Kier alpha value is -1.77. The van der Waals surface area contributed by atoms with Gasteiger partial charge in [-0.05, 0) is 44.0 Å². The van der Waals surface area contributed by atoms with E-state index in [1.54, 1.807) is 13.0 Å². The summed E-state index contributed by atoms with van der Waals surface area (Å²) in [6.45, 7) is 6.23. The summed E-state index contributed by atoms with van der Waals surface area (Å²) in [7, 11) is 0. The number of nitrogens with one attached hydrogen (secondary N) is 1. The molecule has 0 saturated heterocycles. The van der Waals surface area contributed by atoms with E-state index in [0.29, 0.717) is 12.1 Å². The minimum atomic E-state index is -0.873. The van der Waals surface area contributed by atoms with Crippen LogP contribution >= 0.6 is 0 Å². The number of hydrogen-bond acceptors (Lipinski definition) is 2. The van der Waals surface area contributed by atoms with Crippen LogP contribution < -0.4 is 5.32 Å². The molecule has 0 bridgehead atoms. The first-order valence-electron chi connectivity index (χ1n) is 5.22. The molecule has 0 unspecified atom stereocenters. The molecule has 0 amide bonds. The SMILES string of the molecule is C/C(=C/CNc1ccc(C)c(C)c1)C(=O)O. The second-order valence-corrected chi connectivity index (χ2v) is 3.87. The zero-order valence-corrected chi connectivity index (χ0v) is 9.87. The summed E-state index contributed by atoms with van der Waals surface area (Å²) in [5.41, 5.74) is 3.85. The van der Waals surface area contributed by atoms with Gasteiger partial charge in [-0.3, -0.25) is 0 Å². The Kier molecular flexibility index (Phi) is 4.11.